The molecular weight excluding hydrogens is 364 g/mol. The first-order valence-electron chi connectivity index (χ1n) is 9.88. The Bertz CT molecular complexity index is 547. The number of ether oxygens (including phenoxy) is 1. The molecule has 152 valence electrons. The zero-order valence-electron chi connectivity index (χ0n) is 16.0. The fourth-order valence-electron chi connectivity index (χ4n) is 2.80. The van der Waals surface area contributed by atoms with Crippen molar-refractivity contribution < 1.29 is 24.5 Å². The van der Waals surface area contributed by atoms with Crippen LogP contribution in [0.15, 0.2) is 29.2 Å². The molecule has 5 nitrogen and oxygen atoms in total. The highest BCUT2D eigenvalue weighted by Crippen LogP contribution is 2.29. The molecule has 0 heterocycles. The van der Waals surface area contributed by atoms with Crippen molar-refractivity contribution in [3.8, 4) is 5.75 Å². The molecule has 1 aromatic rings. The molecule has 0 unspecified atom stereocenters. The molecule has 2 N–H and O–H groups in total. The van der Waals surface area contributed by atoms with E-state index in [1.54, 1.807) is 11.8 Å². The Morgan fingerprint density at radius 3 is 1.93 bits per heavy atom. The Hall–Kier alpha value is -1.69. The van der Waals surface area contributed by atoms with Crippen LogP contribution in [0.1, 0.15) is 70.6 Å². The maximum atomic E-state index is 10.6. The highest BCUT2D eigenvalue weighted by atomic mass is 32.2. The highest BCUT2D eigenvalue weighted by Gasteiger charge is 2.05. The number of carboxylic acid groups (broad SMARTS) is 2. The Balaban J connectivity index is 1.97. The summed E-state index contributed by atoms with van der Waals surface area (Å²) in [4.78, 5) is 22.0. The van der Waals surface area contributed by atoms with Crippen LogP contribution in [0, 0.1) is 0 Å². The fraction of sp³-hybridized carbons (Fsp3) is 0.619. The van der Waals surface area contributed by atoms with Crippen LogP contribution < -0.4 is 4.74 Å². The molecule has 0 aliphatic heterocycles. The van der Waals surface area contributed by atoms with Gasteiger partial charge in [-0.15, -0.1) is 11.8 Å². The predicted octanol–water partition coefficient (Wildman–Crippen LogP) is 5.62. The molecule has 1 aromatic carbocycles. The number of unbranched alkanes of at least 4 members (excludes halogenated alkanes) is 9. The number of hydrogen-bond acceptors (Lipinski definition) is 4. The third-order valence-electron chi connectivity index (χ3n) is 4.24. The molecule has 0 saturated carbocycles. The molecule has 0 aliphatic rings. The molecule has 0 atom stereocenters. The monoisotopic (exact) mass is 396 g/mol. The first kappa shape index (κ1) is 23.3. The molecule has 0 aromatic heterocycles. The third kappa shape index (κ3) is 13.2. The van der Waals surface area contributed by atoms with E-state index in [0.29, 0.717) is 12.2 Å². The van der Waals surface area contributed by atoms with Gasteiger partial charge in [0, 0.05) is 11.3 Å². The quantitative estimate of drug-likeness (QED) is 0.263. The minimum Gasteiger partial charge on any atom is -0.481 e. The Labute approximate surface area is 166 Å². The van der Waals surface area contributed by atoms with Gasteiger partial charge in [0.2, 0.25) is 0 Å². The van der Waals surface area contributed by atoms with E-state index in [1.807, 2.05) is 24.3 Å². The zero-order chi connectivity index (χ0) is 19.7. The number of carbonyl (C=O) groups is 2. The van der Waals surface area contributed by atoms with Crippen molar-refractivity contribution in [2.75, 3.05) is 12.4 Å². The predicted molar refractivity (Wildman–Crippen MR) is 109 cm³/mol. The Kier molecular flexibility index (Phi) is 13.3. The Morgan fingerprint density at radius 2 is 1.33 bits per heavy atom. The molecule has 0 saturated heterocycles. The maximum absolute atomic E-state index is 10.6. The minimum absolute atomic E-state index is 0.300. The van der Waals surface area contributed by atoms with Crippen molar-refractivity contribution in [2.24, 2.45) is 0 Å². The van der Waals surface area contributed by atoms with Gasteiger partial charge in [-0.2, -0.15) is 0 Å². The summed E-state index contributed by atoms with van der Waals surface area (Å²) in [6, 6.07) is 7.58. The van der Waals surface area contributed by atoms with Gasteiger partial charge in [0.25, 0.3) is 0 Å². The van der Waals surface area contributed by atoms with Crippen LogP contribution in [0.3, 0.4) is 0 Å². The number of hydrogen-bond donors (Lipinski definition) is 2. The summed E-state index contributed by atoms with van der Waals surface area (Å²) in [5, 5.41) is 17.3. The van der Waals surface area contributed by atoms with Crippen molar-refractivity contribution in [2.45, 2.75) is 75.5 Å². The van der Waals surface area contributed by atoms with Gasteiger partial charge < -0.3 is 14.9 Å². The summed E-state index contributed by atoms with van der Waals surface area (Å²) < 4.78 is 5.32. The average molecular weight is 397 g/mol. The topological polar surface area (TPSA) is 83.8 Å². The molecule has 0 spiro atoms. The molecule has 0 radical (unpaired) electrons. The molecule has 6 heteroatoms. The van der Waals surface area contributed by atoms with Crippen molar-refractivity contribution in [1.29, 1.82) is 0 Å². The van der Waals surface area contributed by atoms with Crippen LogP contribution in [0.5, 0.6) is 5.75 Å². The fourth-order valence-corrected chi connectivity index (χ4v) is 3.82. The van der Waals surface area contributed by atoms with Gasteiger partial charge in [0.1, 0.15) is 5.75 Å². The van der Waals surface area contributed by atoms with Crippen LogP contribution in [-0.4, -0.2) is 34.5 Å². The van der Waals surface area contributed by atoms with E-state index in [1.165, 1.54) is 38.5 Å². The molecule has 0 fully saturated rings. The first-order chi connectivity index (χ1) is 13.1. The van der Waals surface area contributed by atoms with Gasteiger partial charge in [-0.25, -0.2) is 4.79 Å². The molecule has 1 rings (SSSR count). The van der Waals surface area contributed by atoms with E-state index in [0.717, 1.165) is 36.3 Å². The summed E-state index contributed by atoms with van der Waals surface area (Å²) in [5.74, 6) is 0.00423. The van der Waals surface area contributed by atoms with Crippen LogP contribution in [0.4, 0.5) is 0 Å². The lowest BCUT2D eigenvalue weighted by Crippen LogP contribution is -2.09. The van der Waals surface area contributed by atoms with Crippen LogP contribution in [0.25, 0.3) is 0 Å². The number of rotatable bonds is 17. The van der Waals surface area contributed by atoms with Gasteiger partial charge in [-0.05, 0) is 30.7 Å². The van der Waals surface area contributed by atoms with E-state index in [4.69, 9.17) is 14.9 Å². The lowest BCUT2D eigenvalue weighted by molar-refractivity contribution is -0.139. The molecule has 0 amide bonds. The van der Waals surface area contributed by atoms with Crippen molar-refractivity contribution >= 4 is 23.7 Å². The smallest absolute Gasteiger partial charge is 0.341 e. The number of para-hydroxylation sites is 1. The number of aliphatic carboxylic acids is 2. The zero-order valence-corrected chi connectivity index (χ0v) is 16.8. The normalized spacial score (nSPS) is 10.7. The molecule has 27 heavy (non-hydrogen) atoms. The van der Waals surface area contributed by atoms with Gasteiger partial charge in [-0.1, -0.05) is 63.5 Å². The summed E-state index contributed by atoms with van der Waals surface area (Å²) in [6.45, 7) is -0.308. The summed E-state index contributed by atoms with van der Waals surface area (Å²) in [7, 11) is 0. The van der Waals surface area contributed by atoms with Crippen LogP contribution >= 0.6 is 11.8 Å². The standard InChI is InChI=1S/C21H32O5S/c22-20(23)15-9-7-5-3-1-2-4-6-8-12-16-27-19-14-11-10-13-18(19)26-17-21(24)25/h10-11,13-14H,1-9,12,15-17H2,(H,22,23)(H,24,25). The molecular formula is C21H32O5S. The summed E-state index contributed by atoms with van der Waals surface area (Å²) in [6.07, 6.45) is 11.9. The van der Waals surface area contributed by atoms with Crippen molar-refractivity contribution in [1.82, 2.24) is 0 Å². The number of thioether (sulfide) groups is 1. The van der Waals surface area contributed by atoms with Crippen molar-refractivity contribution in [3.05, 3.63) is 24.3 Å². The van der Waals surface area contributed by atoms with Crippen LogP contribution in [0.2, 0.25) is 0 Å². The van der Waals surface area contributed by atoms with E-state index < -0.39 is 11.9 Å². The summed E-state index contributed by atoms with van der Waals surface area (Å²) in [5.41, 5.74) is 0. The van der Waals surface area contributed by atoms with Crippen LogP contribution in [-0.2, 0) is 9.59 Å². The van der Waals surface area contributed by atoms with Gasteiger partial charge >= 0.3 is 11.9 Å². The lowest BCUT2D eigenvalue weighted by atomic mass is 10.1. The molecule has 0 aliphatic carbocycles. The summed E-state index contributed by atoms with van der Waals surface area (Å²) >= 11 is 1.72. The average Bonchev–Trinajstić information content (AvgIpc) is 2.64. The van der Waals surface area contributed by atoms with Crippen molar-refractivity contribution in [3.63, 3.8) is 0 Å². The van der Waals surface area contributed by atoms with Gasteiger partial charge in [-0.3, -0.25) is 4.79 Å². The second-order valence-electron chi connectivity index (χ2n) is 6.66. The first-order valence-corrected chi connectivity index (χ1v) is 10.9. The van der Waals surface area contributed by atoms with E-state index in [9.17, 15) is 9.59 Å². The van der Waals surface area contributed by atoms with E-state index in [2.05, 4.69) is 0 Å². The molecule has 0 bridgehead atoms. The van der Waals surface area contributed by atoms with E-state index in [-0.39, 0.29) is 6.61 Å². The second kappa shape index (κ2) is 15.4. The Morgan fingerprint density at radius 1 is 0.778 bits per heavy atom. The number of carboxylic acids is 2. The van der Waals surface area contributed by atoms with Gasteiger partial charge in [0.05, 0.1) is 0 Å². The highest BCUT2D eigenvalue weighted by molar-refractivity contribution is 7.99. The van der Waals surface area contributed by atoms with E-state index >= 15 is 0 Å². The SMILES string of the molecule is O=C(O)CCCCCCCCCCCCSc1ccccc1OCC(=O)O. The largest absolute Gasteiger partial charge is 0.481 e. The third-order valence-corrected chi connectivity index (χ3v) is 5.38. The number of benzene rings is 1. The maximum Gasteiger partial charge on any atom is 0.341 e. The lowest BCUT2D eigenvalue weighted by Gasteiger charge is -2.09. The minimum atomic E-state index is -0.963. The second-order valence-corrected chi connectivity index (χ2v) is 7.79. The van der Waals surface area contributed by atoms with Gasteiger partial charge in [0.15, 0.2) is 6.61 Å².